The van der Waals surface area contributed by atoms with E-state index in [0.717, 1.165) is 25.2 Å². The molecule has 3 nitrogen and oxygen atoms in total. The minimum atomic E-state index is 0.771. The molecule has 0 amide bonds. The summed E-state index contributed by atoms with van der Waals surface area (Å²) in [7, 11) is 1.91. The predicted octanol–water partition coefficient (Wildman–Crippen LogP) is 0.685. The molecule has 0 saturated carbocycles. The SMILES string of the molecule is CNCc1ncc2c(n1)CCC2. The topological polar surface area (TPSA) is 37.8 Å². The van der Waals surface area contributed by atoms with Gasteiger partial charge >= 0.3 is 0 Å². The van der Waals surface area contributed by atoms with E-state index in [1.165, 1.54) is 17.7 Å². The minimum absolute atomic E-state index is 0.771. The zero-order chi connectivity index (χ0) is 8.39. The first-order chi connectivity index (χ1) is 5.90. The van der Waals surface area contributed by atoms with Gasteiger partial charge in [0.15, 0.2) is 0 Å². The van der Waals surface area contributed by atoms with Crippen LogP contribution in [0.5, 0.6) is 0 Å². The van der Waals surface area contributed by atoms with Gasteiger partial charge in [-0.1, -0.05) is 0 Å². The first-order valence-corrected chi connectivity index (χ1v) is 4.38. The minimum Gasteiger partial charge on any atom is -0.313 e. The van der Waals surface area contributed by atoms with Crippen molar-refractivity contribution >= 4 is 0 Å². The molecule has 1 aliphatic rings. The molecule has 3 heteroatoms. The van der Waals surface area contributed by atoms with E-state index in [-0.39, 0.29) is 0 Å². The highest BCUT2D eigenvalue weighted by molar-refractivity contribution is 5.22. The van der Waals surface area contributed by atoms with E-state index >= 15 is 0 Å². The second-order valence-electron chi connectivity index (χ2n) is 3.14. The van der Waals surface area contributed by atoms with Crippen molar-refractivity contribution in [3.8, 4) is 0 Å². The standard InChI is InChI=1S/C9H13N3/c1-10-6-9-11-5-7-3-2-4-8(7)12-9/h5,10H,2-4,6H2,1H3. The Morgan fingerprint density at radius 3 is 3.25 bits per heavy atom. The van der Waals surface area contributed by atoms with Gasteiger partial charge in [0.2, 0.25) is 0 Å². The maximum absolute atomic E-state index is 4.47. The molecule has 0 unspecified atom stereocenters. The highest BCUT2D eigenvalue weighted by Crippen LogP contribution is 2.18. The second-order valence-corrected chi connectivity index (χ2v) is 3.14. The molecule has 0 saturated heterocycles. The van der Waals surface area contributed by atoms with Gasteiger partial charge in [-0.3, -0.25) is 0 Å². The molecule has 12 heavy (non-hydrogen) atoms. The molecule has 64 valence electrons. The fourth-order valence-electron chi connectivity index (χ4n) is 1.60. The molecule has 1 N–H and O–H groups in total. The van der Waals surface area contributed by atoms with E-state index in [9.17, 15) is 0 Å². The van der Waals surface area contributed by atoms with Gasteiger partial charge in [-0.2, -0.15) is 0 Å². The summed E-state index contributed by atoms with van der Waals surface area (Å²) in [4.78, 5) is 8.74. The van der Waals surface area contributed by atoms with Gasteiger partial charge in [-0.15, -0.1) is 0 Å². The van der Waals surface area contributed by atoms with Crippen LogP contribution in [-0.4, -0.2) is 17.0 Å². The van der Waals surface area contributed by atoms with E-state index in [0.29, 0.717) is 0 Å². The number of rotatable bonds is 2. The Morgan fingerprint density at radius 1 is 1.50 bits per heavy atom. The van der Waals surface area contributed by atoms with Crippen molar-refractivity contribution in [2.24, 2.45) is 0 Å². The summed E-state index contributed by atoms with van der Waals surface area (Å²) in [6.07, 6.45) is 5.51. The van der Waals surface area contributed by atoms with Crippen LogP contribution in [-0.2, 0) is 19.4 Å². The first kappa shape index (κ1) is 7.68. The Labute approximate surface area is 72.2 Å². The lowest BCUT2D eigenvalue weighted by Crippen LogP contribution is -2.10. The Bertz CT molecular complexity index is 283. The first-order valence-electron chi connectivity index (χ1n) is 4.38. The van der Waals surface area contributed by atoms with E-state index in [2.05, 4.69) is 15.3 Å². The molecule has 2 rings (SSSR count). The Morgan fingerprint density at radius 2 is 2.42 bits per heavy atom. The zero-order valence-electron chi connectivity index (χ0n) is 7.30. The lowest BCUT2D eigenvalue weighted by atomic mass is 10.3. The maximum Gasteiger partial charge on any atom is 0.142 e. The van der Waals surface area contributed by atoms with Gasteiger partial charge in [0.05, 0.1) is 6.54 Å². The third-order valence-corrected chi connectivity index (χ3v) is 2.20. The molecule has 1 aliphatic carbocycles. The van der Waals surface area contributed by atoms with Crippen molar-refractivity contribution in [3.05, 3.63) is 23.3 Å². The zero-order valence-corrected chi connectivity index (χ0v) is 7.30. The second kappa shape index (κ2) is 3.19. The third-order valence-electron chi connectivity index (χ3n) is 2.20. The van der Waals surface area contributed by atoms with Crippen LogP contribution in [0, 0.1) is 0 Å². The van der Waals surface area contributed by atoms with Crippen molar-refractivity contribution in [1.29, 1.82) is 0 Å². The molecular weight excluding hydrogens is 150 g/mol. The number of nitrogens with zero attached hydrogens (tertiary/aromatic N) is 2. The monoisotopic (exact) mass is 163 g/mol. The van der Waals surface area contributed by atoms with Gasteiger partial charge in [0, 0.05) is 11.9 Å². The fraction of sp³-hybridized carbons (Fsp3) is 0.556. The number of nitrogens with one attached hydrogen (secondary N) is 1. The normalized spacial score (nSPS) is 14.8. The molecule has 1 aromatic rings. The predicted molar refractivity (Wildman–Crippen MR) is 46.8 cm³/mol. The number of hydrogen-bond donors (Lipinski definition) is 1. The van der Waals surface area contributed by atoms with Crippen LogP contribution >= 0.6 is 0 Å². The highest BCUT2D eigenvalue weighted by atomic mass is 14.9. The third kappa shape index (κ3) is 1.32. The number of fused-ring (bicyclic) bond motifs is 1. The van der Waals surface area contributed by atoms with Crippen molar-refractivity contribution < 1.29 is 0 Å². The van der Waals surface area contributed by atoms with E-state index < -0.39 is 0 Å². The van der Waals surface area contributed by atoms with Crippen LogP contribution in [0.3, 0.4) is 0 Å². The summed E-state index contributed by atoms with van der Waals surface area (Å²) in [5, 5.41) is 3.05. The average Bonchev–Trinajstić information content (AvgIpc) is 2.51. The quantitative estimate of drug-likeness (QED) is 0.697. The summed E-state index contributed by atoms with van der Waals surface area (Å²) in [5.74, 6) is 0.915. The van der Waals surface area contributed by atoms with Crippen molar-refractivity contribution in [2.75, 3.05) is 7.05 Å². The maximum atomic E-state index is 4.47. The van der Waals surface area contributed by atoms with Gasteiger partial charge < -0.3 is 5.32 Å². The molecule has 0 spiro atoms. The molecule has 0 radical (unpaired) electrons. The van der Waals surface area contributed by atoms with Crippen LogP contribution < -0.4 is 5.32 Å². The van der Waals surface area contributed by atoms with Crippen molar-refractivity contribution in [1.82, 2.24) is 15.3 Å². The van der Waals surface area contributed by atoms with Gasteiger partial charge in [-0.25, -0.2) is 9.97 Å². The number of aryl methyl sites for hydroxylation is 2. The van der Waals surface area contributed by atoms with Crippen molar-refractivity contribution in [3.63, 3.8) is 0 Å². The van der Waals surface area contributed by atoms with Crippen LogP contribution in [0.2, 0.25) is 0 Å². The molecule has 0 aromatic carbocycles. The Kier molecular flexibility index (Phi) is 2.04. The molecule has 0 aliphatic heterocycles. The Balaban J connectivity index is 2.26. The van der Waals surface area contributed by atoms with E-state index in [1.54, 1.807) is 0 Å². The number of hydrogen-bond acceptors (Lipinski definition) is 3. The van der Waals surface area contributed by atoms with Crippen LogP contribution in [0.15, 0.2) is 6.20 Å². The number of aromatic nitrogens is 2. The highest BCUT2D eigenvalue weighted by Gasteiger charge is 2.12. The molecule has 0 bridgehead atoms. The van der Waals surface area contributed by atoms with Gasteiger partial charge in [0.25, 0.3) is 0 Å². The molecule has 1 aromatic heterocycles. The summed E-state index contributed by atoms with van der Waals surface area (Å²) >= 11 is 0. The molecule has 0 fully saturated rings. The lowest BCUT2D eigenvalue weighted by Gasteiger charge is -2.01. The smallest absolute Gasteiger partial charge is 0.142 e. The molecular formula is C9H13N3. The summed E-state index contributed by atoms with van der Waals surface area (Å²) in [6.45, 7) is 0.771. The average molecular weight is 163 g/mol. The van der Waals surface area contributed by atoms with Crippen LogP contribution in [0.4, 0.5) is 0 Å². The summed E-state index contributed by atoms with van der Waals surface area (Å²) in [6, 6.07) is 0. The Hall–Kier alpha value is -0.960. The van der Waals surface area contributed by atoms with Gasteiger partial charge in [-0.05, 0) is 31.9 Å². The summed E-state index contributed by atoms with van der Waals surface area (Å²) < 4.78 is 0. The lowest BCUT2D eigenvalue weighted by molar-refractivity contribution is 0.748. The van der Waals surface area contributed by atoms with Crippen LogP contribution in [0.1, 0.15) is 23.5 Å². The largest absolute Gasteiger partial charge is 0.313 e. The van der Waals surface area contributed by atoms with E-state index in [4.69, 9.17) is 0 Å². The fourth-order valence-corrected chi connectivity index (χ4v) is 1.60. The molecule has 0 atom stereocenters. The molecule has 1 heterocycles. The van der Waals surface area contributed by atoms with E-state index in [1.807, 2.05) is 13.2 Å². The van der Waals surface area contributed by atoms with Gasteiger partial charge in [0.1, 0.15) is 5.82 Å². The van der Waals surface area contributed by atoms with Crippen molar-refractivity contribution in [2.45, 2.75) is 25.8 Å². The van der Waals surface area contributed by atoms with Crippen LogP contribution in [0.25, 0.3) is 0 Å². The summed E-state index contributed by atoms with van der Waals surface area (Å²) in [5.41, 5.74) is 2.60.